The third kappa shape index (κ3) is 3.23. The van der Waals surface area contributed by atoms with E-state index in [1.165, 1.54) is 18.2 Å². The van der Waals surface area contributed by atoms with Crippen molar-refractivity contribution in [1.82, 2.24) is 15.0 Å². The molecular weight excluding hydrogens is 322 g/mol. The molecular formula is C17H15N5O3. The molecule has 8 heteroatoms. The first kappa shape index (κ1) is 16.3. The molecule has 8 nitrogen and oxygen atoms in total. The van der Waals surface area contributed by atoms with Crippen molar-refractivity contribution in [1.29, 1.82) is 0 Å². The van der Waals surface area contributed by atoms with Gasteiger partial charge in [-0.05, 0) is 37.6 Å². The molecule has 0 spiro atoms. The maximum Gasteiger partial charge on any atom is 0.278 e. The molecule has 1 amide bonds. The minimum atomic E-state index is -0.478. The number of para-hydroxylation sites is 1. The number of aryl methyl sites for hydroxylation is 1. The Balaban J connectivity index is 1.85. The van der Waals surface area contributed by atoms with E-state index in [2.05, 4.69) is 15.6 Å². The molecule has 0 fully saturated rings. The molecule has 0 aliphatic rings. The summed E-state index contributed by atoms with van der Waals surface area (Å²) in [6, 6.07) is 13.6. The Morgan fingerprint density at radius 1 is 1.16 bits per heavy atom. The van der Waals surface area contributed by atoms with Gasteiger partial charge < -0.3 is 5.32 Å². The van der Waals surface area contributed by atoms with Gasteiger partial charge in [-0.1, -0.05) is 23.4 Å². The number of carbonyl (C=O) groups is 1. The zero-order chi connectivity index (χ0) is 18.0. The van der Waals surface area contributed by atoms with Gasteiger partial charge in [-0.2, -0.15) is 0 Å². The second-order valence-electron chi connectivity index (χ2n) is 5.48. The molecule has 2 aromatic carbocycles. The van der Waals surface area contributed by atoms with Gasteiger partial charge in [0.2, 0.25) is 0 Å². The molecule has 0 radical (unpaired) electrons. The van der Waals surface area contributed by atoms with Gasteiger partial charge in [-0.3, -0.25) is 14.9 Å². The van der Waals surface area contributed by atoms with Crippen LogP contribution in [-0.2, 0) is 0 Å². The minimum Gasteiger partial charge on any atom is -0.320 e. The van der Waals surface area contributed by atoms with Gasteiger partial charge in [-0.15, -0.1) is 5.10 Å². The number of rotatable bonds is 4. The molecule has 3 aromatic rings. The van der Waals surface area contributed by atoms with Gasteiger partial charge in [0.1, 0.15) is 0 Å². The maximum absolute atomic E-state index is 12.5. The number of nitrogens with one attached hydrogen (secondary N) is 1. The Kier molecular flexibility index (Phi) is 4.25. The zero-order valence-electron chi connectivity index (χ0n) is 13.6. The zero-order valence-corrected chi connectivity index (χ0v) is 13.6. The Morgan fingerprint density at radius 2 is 1.88 bits per heavy atom. The van der Waals surface area contributed by atoms with Crippen molar-refractivity contribution in [2.24, 2.45) is 0 Å². The molecule has 0 bridgehead atoms. The van der Waals surface area contributed by atoms with Crippen LogP contribution < -0.4 is 5.32 Å². The van der Waals surface area contributed by atoms with Gasteiger partial charge in [0, 0.05) is 17.8 Å². The number of nitro benzene ring substituents is 1. The number of aromatic nitrogens is 3. The fraction of sp³-hybridized carbons (Fsp3) is 0.118. The van der Waals surface area contributed by atoms with Gasteiger partial charge in [-0.25, -0.2) is 4.68 Å². The molecule has 1 heterocycles. The Morgan fingerprint density at radius 3 is 2.52 bits per heavy atom. The monoisotopic (exact) mass is 337 g/mol. The van der Waals surface area contributed by atoms with Gasteiger partial charge in [0.15, 0.2) is 5.69 Å². The van der Waals surface area contributed by atoms with E-state index in [9.17, 15) is 14.9 Å². The summed E-state index contributed by atoms with van der Waals surface area (Å²) < 4.78 is 1.58. The highest BCUT2D eigenvalue weighted by atomic mass is 16.6. The topological polar surface area (TPSA) is 103 Å². The molecule has 0 saturated heterocycles. The summed E-state index contributed by atoms with van der Waals surface area (Å²) in [7, 11) is 0. The van der Waals surface area contributed by atoms with E-state index in [1.807, 2.05) is 30.3 Å². The largest absolute Gasteiger partial charge is 0.320 e. The number of amides is 1. The van der Waals surface area contributed by atoms with Crippen molar-refractivity contribution < 1.29 is 9.72 Å². The SMILES string of the molecule is Cc1cc([N+](=O)[O-])ccc1NC(=O)c1nnn(-c2ccccc2)c1C. The highest BCUT2D eigenvalue weighted by Crippen LogP contribution is 2.22. The van der Waals surface area contributed by atoms with Crippen LogP contribution in [0.4, 0.5) is 11.4 Å². The van der Waals surface area contributed by atoms with E-state index >= 15 is 0 Å². The number of nitrogens with zero attached hydrogens (tertiary/aromatic N) is 4. The van der Waals surface area contributed by atoms with E-state index in [4.69, 9.17) is 0 Å². The second-order valence-corrected chi connectivity index (χ2v) is 5.48. The van der Waals surface area contributed by atoms with Crippen LogP contribution in [0.2, 0.25) is 0 Å². The smallest absolute Gasteiger partial charge is 0.278 e. The van der Waals surface area contributed by atoms with Crippen LogP contribution in [0.3, 0.4) is 0 Å². The third-order valence-corrected chi connectivity index (χ3v) is 3.78. The molecule has 0 aliphatic carbocycles. The predicted molar refractivity (Wildman–Crippen MR) is 91.9 cm³/mol. The third-order valence-electron chi connectivity index (χ3n) is 3.78. The van der Waals surface area contributed by atoms with Crippen molar-refractivity contribution in [3.05, 3.63) is 75.6 Å². The highest BCUT2D eigenvalue weighted by molar-refractivity contribution is 6.04. The maximum atomic E-state index is 12.5. The fourth-order valence-electron chi connectivity index (χ4n) is 2.44. The van der Waals surface area contributed by atoms with Crippen LogP contribution >= 0.6 is 0 Å². The molecule has 126 valence electrons. The number of carbonyl (C=O) groups excluding carboxylic acids is 1. The van der Waals surface area contributed by atoms with E-state index in [-0.39, 0.29) is 11.4 Å². The summed E-state index contributed by atoms with van der Waals surface area (Å²) in [5.74, 6) is -0.420. The van der Waals surface area contributed by atoms with Gasteiger partial charge >= 0.3 is 0 Å². The number of anilines is 1. The Bertz CT molecular complexity index is 950. The van der Waals surface area contributed by atoms with Crippen LogP contribution in [0, 0.1) is 24.0 Å². The standard InChI is InChI=1S/C17H15N5O3/c1-11-10-14(22(24)25)8-9-15(11)18-17(23)16-12(2)21(20-19-16)13-6-4-3-5-7-13/h3-10H,1-2H3,(H,18,23). The first-order chi connectivity index (χ1) is 12.0. The molecule has 25 heavy (non-hydrogen) atoms. The van der Waals surface area contributed by atoms with Crippen LogP contribution in [0.5, 0.6) is 0 Å². The van der Waals surface area contributed by atoms with Crippen LogP contribution in [-0.4, -0.2) is 25.8 Å². The number of benzene rings is 2. The Labute approximate surface area is 143 Å². The number of nitro groups is 1. The van der Waals surface area contributed by atoms with Crippen molar-refractivity contribution >= 4 is 17.3 Å². The average Bonchev–Trinajstić information content (AvgIpc) is 2.99. The van der Waals surface area contributed by atoms with Gasteiger partial charge in [0.05, 0.1) is 16.3 Å². The summed E-state index contributed by atoms with van der Waals surface area (Å²) in [4.78, 5) is 22.8. The van der Waals surface area contributed by atoms with Crippen LogP contribution in [0.25, 0.3) is 5.69 Å². The van der Waals surface area contributed by atoms with E-state index in [0.29, 0.717) is 16.9 Å². The highest BCUT2D eigenvalue weighted by Gasteiger charge is 2.18. The van der Waals surface area contributed by atoms with Crippen LogP contribution in [0.15, 0.2) is 48.5 Å². The lowest BCUT2D eigenvalue weighted by Crippen LogP contribution is -2.15. The normalized spacial score (nSPS) is 10.5. The molecule has 0 saturated carbocycles. The molecule has 0 aliphatic heterocycles. The fourth-order valence-corrected chi connectivity index (χ4v) is 2.44. The lowest BCUT2D eigenvalue weighted by Gasteiger charge is -2.07. The molecule has 0 unspecified atom stereocenters. The minimum absolute atomic E-state index is 0.0262. The summed E-state index contributed by atoms with van der Waals surface area (Å²) in [5.41, 5.74) is 2.66. The molecule has 1 N–H and O–H groups in total. The quantitative estimate of drug-likeness (QED) is 0.582. The predicted octanol–water partition coefficient (Wildman–Crippen LogP) is 3.04. The molecule has 1 aromatic heterocycles. The average molecular weight is 337 g/mol. The van der Waals surface area contributed by atoms with E-state index in [0.717, 1.165) is 5.69 Å². The summed E-state index contributed by atoms with van der Waals surface area (Å²) in [5, 5.41) is 21.5. The van der Waals surface area contributed by atoms with E-state index < -0.39 is 10.8 Å². The first-order valence-electron chi connectivity index (χ1n) is 7.51. The van der Waals surface area contributed by atoms with Crippen molar-refractivity contribution in [2.45, 2.75) is 13.8 Å². The van der Waals surface area contributed by atoms with Crippen LogP contribution in [0.1, 0.15) is 21.7 Å². The molecule has 0 atom stereocenters. The van der Waals surface area contributed by atoms with Crippen molar-refractivity contribution in [2.75, 3.05) is 5.32 Å². The molecule has 3 rings (SSSR count). The summed E-state index contributed by atoms with van der Waals surface area (Å²) in [6.45, 7) is 3.45. The lowest BCUT2D eigenvalue weighted by atomic mass is 10.1. The van der Waals surface area contributed by atoms with Crippen molar-refractivity contribution in [3.8, 4) is 5.69 Å². The van der Waals surface area contributed by atoms with E-state index in [1.54, 1.807) is 18.5 Å². The van der Waals surface area contributed by atoms with Crippen molar-refractivity contribution in [3.63, 3.8) is 0 Å². The lowest BCUT2D eigenvalue weighted by molar-refractivity contribution is -0.384. The number of hydrogen-bond acceptors (Lipinski definition) is 5. The number of hydrogen-bond donors (Lipinski definition) is 1. The number of non-ortho nitro benzene ring substituents is 1. The second kappa shape index (κ2) is 6.52. The first-order valence-corrected chi connectivity index (χ1v) is 7.51. The van der Waals surface area contributed by atoms with Gasteiger partial charge in [0.25, 0.3) is 11.6 Å². The summed E-state index contributed by atoms with van der Waals surface area (Å²) >= 11 is 0. The Hall–Kier alpha value is -3.55. The summed E-state index contributed by atoms with van der Waals surface area (Å²) in [6.07, 6.45) is 0.